The molecule has 0 spiro atoms. The highest BCUT2D eigenvalue weighted by Crippen LogP contribution is 2.28. The zero-order chi connectivity index (χ0) is 30.3. The van der Waals surface area contributed by atoms with Crippen LogP contribution in [-0.4, -0.2) is 41.0 Å². The lowest BCUT2D eigenvalue weighted by Gasteiger charge is -2.14. The van der Waals surface area contributed by atoms with Crippen LogP contribution in [0.25, 0.3) is 0 Å². The molecule has 0 fully saturated rings. The number of aryl methyl sites for hydroxylation is 2. The number of rotatable bonds is 11. The first kappa shape index (κ1) is 30.1. The van der Waals surface area contributed by atoms with E-state index >= 15 is 0 Å². The lowest BCUT2D eigenvalue weighted by atomic mass is 10.1. The molecule has 0 heterocycles. The maximum absolute atomic E-state index is 13.1. The molecule has 0 radical (unpaired) electrons. The SMILES string of the molecule is COc1ccc(CCNC(=O)c2ccccc2NC(=O)c2ccc(NS(=O)(=O)c3ccc(C)cc3)c(C)c2)cc1OC. The van der Waals surface area contributed by atoms with Crippen molar-refractivity contribution < 1.29 is 27.5 Å². The summed E-state index contributed by atoms with van der Waals surface area (Å²) >= 11 is 0. The van der Waals surface area contributed by atoms with Crippen LogP contribution < -0.4 is 24.8 Å². The highest BCUT2D eigenvalue weighted by molar-refractivity contribution is 7.92. The molecule has 0 bridgehead atoms. The van der Waals surface area contributed by atoms with Crippen LogP contribution in [0.1, 0.15) is 37.4 Å². The topological polar surface area (TPSA) is 123 Å². The lowest BCUT2D eigenvalue weighted by Crippen LogP contribution is -2.27. The van der Waals surface area contributed by atoms with E-state index in [2.05, 4.69) is 15.4 Å². The number of hydrogen-bond donors (Lipinski definition) is 3. The van der Waals surface area contributed by atoms with Gasteiger partial charge in [-0.25, -0.2) is 8.42 Å². The molecule has 0 saturated carbocycles. The number of para-hydroxylation sites is 1. The van der Waals surface area contributed by atoms with Crippen molar-refractivity contribution in [3.05, 3.63) is 113 Å². The van der Waals surface area contributed by atoms with E-state index in [0.29, 0.717) is 52.5 Å². The smallest absolute Gasteiger partial charge is 0.261 e. The van der Waals surface area contributed by atoms with Gasteiger partial charge in [0.25, 0.3) is 21.8 Å². The number of carbonyl (C=O) groups is 2. The number of methoxy groups -OCH3 is 2. The summed E-state index contributed by atoms with van der Waals surface area (Å²) in [5.74, 6) is 0.477. The first-order chi connectivity index (χ1) is 20.1. The molecular formula is C32H33N3O6S. The first-order valence-corrected chi connectivity index (χ1v) is 14.7. The molecule has 4 aromatic rings. The summed E-state index contributed by atoms with van der Waals surface area (Å²) in [6, 6.07) is 23.5. The first-order valence-electron chi connectivity index (χ1n) is 13.2. The standard InChI is InChI=1S/C32H33N3O6S/c1-21-9-13-25(14-10-21)42(38,39)35-27-15-12-24(19-22(27)2)31(36)34-28-8-6-5-7-26(28)32(37)33-18-17-23-11-16-29(40-3)30(20-23)41-4/h5-16,19-20,35H,17-18H2,1-4H3,(H,33,37)(H,34,36). The molecule has 0 atom stereocenters. The van der Waals surface area contributed by atoms with Gasteiger partial charge in [0.15, 0.2) is 11.5 Å². The minimum atomic E-state index is -3.79. The Kier molecular flexibility index (Phi) is 9.49. The van der Waals surface area contributed by atoms with Crippen molar-refractivity contribution in [1.29, 1.82) is 0 Å². The molecule has 0 unspecified atom stereocenters. The molecule has 9 nitrogen and oxygen atoms in total. The highest BCUT2D eigenvalue weighted by atomic mass is 32.2. The van der Waals surface area contributed by atoms with Crippen molar-refractivity contribution in [2.45, 2.75) is 25.2 Å². The Morgan fingerprint density at radius 2 is 1.48 bits per heavy atom. The van der Waals surface area contributed by atoms with Gasteiger partial charge in [-0.15, -0.1) is 0 Å². The summed E-state index contributed by atoms with van der Waals surface area (Å²) in [4.78, 5) is 26.2. The fraction of sp³-hybridized carbons (Fsp3) is 0.188. The van der Waals surface area contributed by atoms with Gasteiger partial charge in [-0.1, -0.05) is 35.9 Å². The zero-order valence-corrected chi connectivity index (χ0v) is 24.7. The van der Waals surface area contributed by atoms with Crippen molar-refractivity contribution in [3.8, 4) is 11.5 Å². The van der Waals surface area contributed by atoms with E-state index in [4.69, 9.17) is 9.47 Å². The Hall–Kier alpha value is -4.83. The summed E-state index contributed by atoms with van der Waals surface area (Å²) in [6.07, 6.45) is 0.569. The highest BCUT2D eigenvalue weighted by Gasteiger charge is 2.18. The Bertz CT molecular complexity index is 1700. The minimum absolute atomic E-state index is 0.146. The van der Waals surface area contributed by atoms with E-state index in [9.17, 15) is 18.0 Å². The molecule has 2 amide bonds. The van der Waals surface area contributed by atoms with Gasteiger partial charge in [0.1, 0.15) is 0 Å². The van der Waals surface area contributed by atoms with E-state index in [-0.39, 0.29) is 10.8 Å². The predicted molar refractivity (Wildman–Crippen MR) is 163 cm³/mol. The van der Waals surface area contributed by atoms with Crippen molar-refractivity contribution in [1.82, 2.24) is 5.32 Å². The van der Waals surface area contributed by atoms with E-state index in [0.717, 1.165) is 11.1 Å². The zero-order valence-electron chi connectivity index (χ0n) is 23.9. The third kappa shape index (κ3) is 7.27. The van der Waals surface area contributed by atoms with Gasteiger partial charge >= 0.3 is 0 Å². The van der Waals surface area contributed by atoms with Gasteiger partial charge in [0.2, 0.25) is 0 Å². The number of ether oxygens (including phenoxy) is 2. The minimum Gasteiger partial charge on any atom is -0.493 e. The van der Waals surface area contributed by atoms with Crippen LogP contribution in [0.15, 0.2) is 89.8 Å². The van der Waals surface area contributed by atoms with Crippen LogP contribution >= 0.6 is 0 Å². The second-order valence-electron chi connectivity index (χ2n) is 9.64. The van der Waals surface area contributed by atoms with E-state index in [1.807, 2.05) is 25.1 Å². The van der Waals surface area contributed by atoms with Gasteiger partial charge in [-0.05, 0) is 86.0 Å². The average molecular weight is 588 g/mol. The molecule has 10 heteroatoms. The van der Waals surface area contributed by atoms with Gasteiger partial charge in [0, 0.05) is 12.1 Å². The van der Waals surface area contributed by atoms with Gasteiger partial charge < -0.3 is 20.1 Å². The quantitative estimate of drug-likeness (QED) is 0.218. The van der Waals surface area contributed by atoms with E-state index < -0.39 is 15.9 Å². The molecule has 0 aromatic heterocycles. The normalized spacial score (nSPS) is 11.0. The number of amides is 2. The fourth-order valence-electron chi connectivity index (χ4n) is 4.28. The van der Waals surface area contributed by atoms with Crippen molar-refractivity contribution >= 4 is 33.2 Å². The lowest BCUT2D eigenvalue weighted by molar-refractivity contribution is 0.0955. The molecule has 218 valence electrons. The van der Waals surface area contributed by atoms with Crippen LogP contribution in [0.3, 0.4) is 0 Å². The van der Waals surface area contributed by atoms with Crippen LogP contribution in [0.4, 0.5) is 11.4 Å². The van der Waals surface area contributed by atoms with Crippen LogP contribution in [-0.2, 0) is 16.4 Å². The number of benzene rings is 4. The van der Waals surface area contributed by atoms with Crippen molar-refractivity contribution in [2.75, 3.05) is 30.8 Å². The number of nitrogens with one attached hydrogen (secondary N) is 3. The van der Waals surface area contributed by atoms with Gasteiger partial charge in [-0.3, -0.25) is 14.3 Å². The Morgan fingerprint density at radius 1 is 0.762 bits per heavy atom. The molecule has 0 aliphatic carbocycles. The fourth-order valence-corrected chi connectivity index (χ4v) is 5.41. The monoisotopic (exact) mass is 587 g/mol. The van der Waals surface area contributed by atoms with Crippen molar-refractivity contribution in [2.24, 2.45) is 0 Å². The Morgan fingerprint density at radius 3 is 2.17 bits per heavy atom. The Labute approximate surface area is 245 Å². The summed E-state index contributed by atoms with van der Waals surface area (Å²) in [5, 5.41) is 5.70. The largest absolute Gasteiger partial charge is 0.493 e. The summed E-state index contributed by atoms with van der Waals surface area (Å²) in [7, 11) is -0.650. The number of hydrogen-bond acceptors (Lipinski definition) is 6. The van der Waals surface area contributed by atoms with Crippen LogP contribution in [0, 0.1) is 13.8 Å². The number of carbonyl (C=O) groups excluding carboxylic acids is 2. The molecule has 0 aliphatic heterocycles. The molecule has 3 N–H and O–H groups in total. The van der Waals surface area contributed by atoms with Crippen molar-refractivity contribution in [3.63, 3.8) is 0 Å². The second-order valence-corrected chi connectivity index (χ2v) is 11.3. The molecular weight excluding hydrogens is 554 g/mol. The van der Waals surface area contributed by atoms with Crippen LogP contribution in [0.5, 0.6) is 11.5 Å². The summed E-state index contributed by atoms with van der Waals surface area (Å²) < 4.78 is 38.8. The second kappa shape index (κ2) is 13.2. The average Bonchev–Trinajstić information content (AvgIpc) is 2.98. The third-order valence-electron chi connectivity index (χ3n) is 6.63. The summed E-state index contributed by atoms with van der Waals surface area (Å²) in [6.45, 7) is 3.96. The maximum atomic E-state index is 13.1. The molecule has 0 aliphatic rings. The van der Waals surface area contributed by atoms with Gasteiger partial charge in [0.05, 0.1) is 36.1 Å². The molecule has 4 aromatic carbocycles. The van der Waals surface area contributed by atoms with Crippen LogP contribution in [0.2, 0.25) is 0 Å². The number of anilines is 2. The summed E-state index contributed by atoms with van der Waals surface area (Å²) in [5.41, 5.74) is 3.84. The predicted octanol–water partition coefficient (Wildman–Crippen LogP) is 5.35. The Balaban J connectivity index is 1.41. The number of sulfonamides is 1. The maximum Gasteiger partial charge on any atom is 0.261 e. The molecule has 42 heavy (non-hydrogen) atoms. The van der Waals surface area contributed by atoms with E-state index in [1.54, 1.807) is 81.8 Å². The molecule has 0 saturated heterocycles. The van der Waals surface area contributed by atoms with Gasteiger partial charge in [-0.2, -0.15) is 0 Å². The van der Waals surface area contributed by atoms with E-state index in [1.165, 1.54) is 6.07 Å². The third-order valence-corrected chi connectivity index (χ3v) is 8.01. The molecule has 4 rings (SSSR count).